The third-order valence-electron chi connectivity index (χ3n) is 5.71. The molecule has 0 bridgehead atoms. The largest absolute Gasteiger partial charge is 0.497 e. The highest BCUT2D eigenvalue weighted by Gasteiger charge is 2.27. The lowest BCUT2D eigenvalue weighted by Gasteiger charge is -2.31. The number of likely N-dealkylation sites (tertiary alicyclic amines) is 1. The molecule has 2 aromatic carbocycles. The van der Waals surface area contributed by atoms with Gasteiger partial charge in [0.2, 0.25) is 11.8 Å². The van der Waals surface area contributed by atoms with Crippen LogP contribution >= 0.6 is 0 Å². The smallest absolute Gasteiger partial charge is 0.236 e. The van der Waals surface area contributed by atoms with Gasteiger partial charge < -0.3 is 14.2 Å². The van der Waals surface area contributed by atoms with Crippen LogP contribution in [-0.4, -0.2) is 59.6 Å². The minimum atomic E-state index is 0.118. The summed E-state index contributed by atoms with van der Waals surface area (Å²) in [6, 6.07) is 12.3. The molecule has 1 aliphatic heterocycles. The van der Waals surface area contributed by atoms with Crippen LogP contribution in [0.1, 0.15) is 36.0 Å². The van der Waals surface area contributed by atoms with Gasteiger partial charge in [0.15, 0.2) is 5.82 Å². The molecule has 0 radical (unpaired) electrons. The van der Waals surface area contributed by atoms with Gasteiger partial charge in [-0.3, -0.25) is 9.69 Å². The predicted octanol–water partition coefficient (Wildman–Crippen LogP) is 3.38. The van der Waals surface area contributed by atoms with E-state index < -0.39 is 0 Å². The first kappa shape index (κ1) is 20.3. The Hall–Kier alpha value is -2.93. The summed E-state index contributed by atoms with van der Waals surface area (Å²) in [5, 5.41) is 6.17. The van der Waals surface area contributed by atoms with Gasteiger partial charge in [0, 0.05) is 20.1 Å². The number of fused-ring (bicyclic) bond motifs is 1. The first-order valence-corrected chi connectivity index (χ1v) is 10.3. The van der Waals surface area contributed by atoms with Crippen LogP contribution in [0.5, 0.6) is 5.75 Å². The van der Waals surface area contributed by atoms with Crippen molar-refractivity contribution in [2.24, 2.45) is 0 Å². The SMILES string of the molecule is COc1ccc2cc(CN(C)C(=O)CN3CCCC(c4nc(C)no4)C3)ccc2c1. The first-order valence-electron chi connectivity index (χ1n) is 10.3. The second-order valence-corrected chi connectivity index (χ2v) is 8.05. The van der Waals surface area contributed by atoms with Crippen LogP contribution in [0.4, 0.5) is 0 Å². The quantitative estimate of drug-likeness (QED) is 0.623. The van der Waals surface area contributed by atoms with Crippen molar-refractivity contribution in [3.8, 4) is 5.75 Å². The van der Waals surface area contributed by atoms with E-state index in [0.717, 1.165) is 48.0 Å². The van der Waals surface area contributed by atoms with Crippen molar-refractivity contribution in [2.45, 2.75) is 32.2 Å². The maximum atomic E-state index is 12.8. The van der Waals surface area contributed by atoms with E-state index in [2.05, 4.69) is 33.2 Å². The number of piperidine rings is 1. The Labute approximate surface area is 176 Å². The van der Waals surface area contributed by atoms with E-state index >= 15 is 0 Å². The molecule has 1 atom stereocenters. The number of aromatic nitrogens is 2. The number of likely N-dealkylation sites (N-methyl/N-ethyl adjacent to an activating group) is 1. The van der Waals surface area contributed by atoms with E-state index in [1.807, 2.05) is 32.2 Å². The number of aryl methyl sites for hydroxylation is 1. The molecule has 7 heteroatoms. The molecular formula is C23H28N4O3. The summed E-state index contributed by atoms with van der Waals surface area (Å²) in [5.41, 5.74) is 1.11. The lowest BCUT2D eigenvalue weighted by molar-refractivity contribution is -0.132. The van der Waals surface area contributed by atoms with E-state index in [0.29, 0.717) is 24.8 Å². The highest BCUT2D eigenvalue weighted by Crippen LogP contribution is 2.26. The number of amides is 1. The van der Waals surface area contributed by atoms with Crippen LogP contribution in [-0.2, 0) is 11.3 Å². The van der Waals surface area contributed by atoms with E-state index in [9.17, 15) is 4.79 Å². The molecule has 0 N–H and O–H groups in total. The zero-order valence-electron chi connectivity index (χ0n) is 17.8. The molecule has 30 heavy (non-hydrogen) atoms. The summed E-state index contributed by atoms with van der Waals surface area (Å²) >= 11 is 0. The highest BCUT2D eigenvalue weighted by atomic mass is 16.5. The molecule has 1 saturated heterocycles. The number of hydrogen-bond acceptors (Lipinski definition) is 6. The van der Waals surface area contributed by atoms with E-state index in [4.69, 9.17) is 9.26 Å². The standard InChI is InChI=1S/C23H28N4O3/c1-16-24-23(30-25-16)20-5-4-10-27(14-20)15-22(28)26(2)13-17-6-7-19-12-21(29-3)9-8-18(19)11-17/h6-9,11-12,20H,4-5,10,13-15H2,1-3H3. The lowest BCUT2D eigenvalue weighted by Crippen LogP contribution is -2.42. The molecule has 1 amide bonds. The fourth-order valence-electron chi connectivity index (χ4n) is 4.05. The van der Waals surface area contributed by atoms with Crippen molar-refractivity contribution in [3.63, 3.8) is 0 Å². The summed E-state index contributed by atoms with van der Waals surface area (Å²) < 4.78 is 10.6. The van der Waals surface area contributed by atoms with Gasteiger partial charge in [0.1, 0.15) is 5.75 Å². The van der Waals surface area contributed by atoms with Crippen molar-refractivity contribution in [1.82, 2.24) is 19.9 Å². The van der Waals surface area contributed by atoms with Gasteiger partial charge >= 0.3 is 0 Å². The molecule has 1 unspecified atom stereocenters. The minimum Gasteiger partial charge on any atom is -0.497 e. The van der Waals surface area contributed by atoms with Gasteiger partial charge in [-0.25, -0.2) is 0 Å². The Morgan fingerprint density at radius 2 is 2.07 bits per heavy atom. The summed E-state index contributed by atoms with van der Waals surface area (Å²) in [4.78, 5) is 21.2. The van der Waals surface area contributed by atoms with Gasteiger partial charge in [-0.15, -0.1) is 0 Å². The summed E-state index contributed by atoms with van der Waals surface area (Å²) in [6.07, 6.45) is 2.04. The van der Waals surface area contributed by atoms with Crippen molar-refractivity contribution in [2.75, 3.05) is 33.8 Å². The Kier molecular flexibility index (Phi) is 5.99. The molecule has 1 aliphatic rings. The van der Waals surface area contributed by atoms with Crippen LogP contribution < -0.4 is 4.74 Å². The fourth-order valence-corrected chi connectivity index (χ4v) is 4.05. The highest BCUT2D eigenvalue weighted by molar-refractivity contribution is 5.84. The van der Waals surface area contributed by atoms with Crippen LogP contribution in [0.2, 0.25) is 0 Å². The Morgan fingerprint density at radius 3 is 2.83 bits per heavy atom. The number of hydrogen-bond donors (Lipinski definition) is 0. The predicted molar refractivity (Wildman–Crippen MR) is 114 cm³/mol. The molecule has 3 aromatic rings. The fraction of sp³-hybridized carbons (Fsp3) is 0.435. The molecular weight excluding hydrogens is 380 g/mol. The molecule has 7 nitrogen and oxygen atoms in total. The third kappa shape index (κ3) is 4.62. The van der Waals surface area contributed by atoms with Crippen LogP contribution in [0.25, 0.3) is 10.8 Å². The normalized spacial score (nSPS) is 17.2. The van der Waals surface area contributed by atoms with Crippen LogP contribution in [0, 0.1) is 6.92 Å². The number of rotatable bonds is 6. The second-order valence-electron chi connectivity index (χ2n) is 8.05. The summed E-state index contributed by atoms with van der Waals surface area (Å²) in [5.74, 6) is 2.51. The van der Waals surface area contributed by atoms with Crippen molar-refractivity contribution < 1.29 is 14.1 Å². The average Bonchev–Trinajstić information content (AvgIpc) is 3.20. The number of methoxy groups -OCH3 is 1. The molecule has 0 aliphatic carbocycles. The van der Waals surface area contributed by atoms with Gasteiger partial charge in [-0.2, -0.15) is 4.98 Å². The van der Waals surface area contributed by atoms with E-state index in [-0.39, 0.29) is 11.8 Å². The zero-order valence-corrected chi connectivity index (χ0v) is 17.8. The average molecular weight is 409 g/mol. The summed E-state index contributed by atoms with van der Waals surface area (Å²) in [7, 11) is 3.53. The first-order chi connectivity index (χ1) is 14.5. The maximum Gasteiger partial charge on any atom is 0.236 e. The Morgan fingerprint density at radius 1 is 1.27 bits per heavy atom. The second kappa shape index (κ2) is 8.83. The maximum absolute atomic E-state index is 12.8. The molecule has 1 fully saturated rings. The summed E-state index contributed by atoms with van der Waals surface area (Å²) in [6.45, 7) is 4.52. The van der Waals surface area contributed by atoms with E-state index in [1.54, 1.807) is 12.0 Å². The number of carbonyl (C=O) groups excluding carboxylic acids is 1. The molecule has 1 aromatic heterocycles. The Bertz CT molecular complexity index is 1030. The molecule has 4 rings (SSSR count). The molecule has 2 heterocycles. The number of nitrogens with zero attached hydrogens (tertiary/aromatic N) is 4. The van der Waals surface area contributed by atoms with E-state index in [1.165, 1.54) is 0 Å². The van der Waals surface area contributed by atoms with Gasteiger partial charge in [0.05, 0.1) is 19.6 Å². The van der Waals surface area contributed by atoms with Crippen molar-refractivity contribution in [3.05, 3.63) is 53.7 Å². The zero-order chi connectivity index (χ0) is 21.1. The number of carbonyl (C=O) groups is 1. The molecule has 0 spiro atoms. The van der Waals surface area contributed by atoms with Crippen LogP contribution in [0.3, 0.4) is 0 Å². The number of benzene rings is 2. The van der Waals surface area contributed by atoms with Gasteiger partial charge in [0.25, 0.3) is 0 Å². The topological polar surface area (TPSA) is 71.7 Å². The minimum absolute atomic E-state index is 0.118. The van der Waals surface area contributed by atoms with Crippen molar-refractivity contribution in [1.29, 1.82) is 0 Å². The molecule has 158 valence electrons. The van der Waals surface area contributed by atoms with Crippen LogP contribution in [0.15, 0.2) is 40.9 Å². The van der Waals surface area contributed by atoms with Gasteiger partial charge in [-0.1, -0.05) is 23.4 Å². The monoisotopic (exact) mass is 408 g/mol. The lowest BCUT2D eigenvalue weighted by atomic mass is 9.98. The van der Waals surface area contributed by atoms with Crippen molar-refractivity contribution >= 4 is 16.7 Å². The Balaban J connectivity index is 1.36. The number of ether oxygens (including phenoxy) is 1. The third-order valence-corrected chi connectivity index (χ3v) is 5.71. The van der Waals surface area contributed by atoms with Gasteiger partial charge in [-0.05, 0) is 60.8 Å². The molecule has 0 saturated carbocycles.